The number of carboxylic acid groups (broad SMARTS) is 1. The molecule has 0 unspecified atom stereocenters. The van der Waals surface area contributed by atoms with E-state index in [1.165, 1.54) is 0 Å². The lowest BCUT2D eigenvalue weighted by Gasteiger charge is -2.21. The van der Waals surface area contributed by atoms with Crippen LogP contribution in [-0.4, -0.2) is 35.5 Å². The lowest BCUT2D eigenvalue weighted by molar-refractivity contribution is -0.133. The van der Waals surface area contributed by atoms with Crippen molar-refractivity contribution in [1.82, 2.24) is 4.90 Å². The van der Waals surface area contributed by atoms with E-state index in [9.17, 15) is 9.59 Å². The van der Waals surface area contributed by atoms with Crippen LogP contribution in [0.1, 0.15) is 41.6 Å². The minimum atomic E-state index is -0.912. The van der Waals surface area contributed by atoms with Crippen molar-refractivity contribution in [3.05, 3.63) is 35.4 Å². The molecule has 1 fully saturated rings. The Bertz CT molecular complexity index is 492. The first-order valence-corrected chi connectivity index (χ1v) is 7.15. The number of nitrogens with zero attached hydrogens (tertiary/aromatic N) is 1. The van der Waals surface area contributed by atoms with Crippen LogP contribution in [0.4, 0.5) is 0 Å². The highest BCUT2D eigenvalue weighted by Crippen LogP contribution is 2.26. The zero-order valence-electron chi connectivity index (χ0n) is 11.8. The predicted molar refractivity (Wildman–Crippen MR) is 76.7 cm³/mol. The zero-order valence-corrected chi connectivity index (χ0v) is 11.8. The van der Waals surface area contributed by atoms with E-state index in [4.69, 9.17) is 5.11 Å². The Morgan fingerprint density at radius 1 is 1.25 bits per heavy atom. The summed E-state index contributed by atoms with van der Waals surface area (Å²) in [6.45, 7) is 0.569. The fourth-order valence-corrected chi connectivity index (χ4v) is 2.83. The predicted octanol–water partition coefficient (Wildman–Crippen LogP) is 2.58. The van der Waals surface area contributed by atoms with Crippen LogP contribution in [0.5, 0.6) is 0 Å². The van der Waals surface area contributed by atoms with Gasteiger partial charge in [0.2, 0.25) is 5.91 Å². The van der Waals surface area contributed by atoms with Gasteiger partial charge in [-0.05, 0) is 30.9 Å². The van der Waals surface area contributed by atoms with E-state index in [1.54, 1.807) is 17.0 Å². The fraction of sp³-hybridized carbons (Fsp3) is 0.500. The normalized spacial score (nSPS) is 15.2. The summed E-state index contributed by atoms with van der Waals surface area (Å²) in [6.07, 6.45) is 4.86. The molecule has 4 nitrogen and oxygen atoms in total. The lowest BCUT2D eigenvalue weighted by Crippen LogP contribution is -2.33. The van der Waals surface area contributed by atoms with Gasteiger partial charge in [-0.25, -0.2) is 4.79 Å². The smallest absolute Gasteiger partial charge is 0.335 e. The van der Waals surface area contributed by atoms with Crippen LogP contribution in [-0.2, 0) is 11.2 Å². The lowest BCUT2D eigenvalue weighted by atomic mass is 10.0. The Hall–Kier alpha value is -1.84. The number of hydrogen-bond acceptors (Lipinski definition) is 2. The highest BCUT2D eigenvalue weighted by molar-refractivity contribution is 5.89. The summed E-state index contributed by atoms with van der Waals surface area (Å²) in [7, 11) is 1.81. The monoisotopic (exact) mass is 275 g/mol. The third-order valence-corrected chi connectivity index (χ3v) is 4.04. The summed E-state index contributed by atoms with van der Waals surface area (Å²) in [5.74, 6) is -0.532. The number of carbonyl (C=O) groups is 2. The number of carboxylic acids is 1. The standard InChI is InChI=1S/C16H21NO3/c1-17(15(18)13-7-2-3-8-13)11-10-12-6-4-5-9-14(12)16(19)20/h4-6,9,13H,2-3,7-8,10-11H2,1H3,(H,19,20). The van der Waals surface area contributed by atoms with E-state index in [0.717, 1.165) is 31.2 Å². The second kappa shape index (κ2) is 6.55. The van der Waals surface area contributed by atoms with Gasteiger partial charge in [-0.2, -0.15) is 0 Å². The molecule has 1 saturated carbocycles. The van der Waals surface area contributed by atoms with E-state index >= 15 is 0 Å². The summed E-state index contributed by atoms with van der Waals surface area (Å²) in [6, 6.07) is 6.98. The second-order valence-electron chi connectivity index (χ2n) is 5.45. The maximum Gasteiger partial charge on any atom is 0.335 e. The molecule has 0 aliphatic heterocycles. The summed E-state index contributed by atoms with van der Waals surface area (Å²) in [4.78, 5) is 25.1. The molecule has 0 saturated heterocycles. The Balaban J connectivity index is 1.94. The van der Waals surface area contributed by atoms with Crippen LogP contribution < -0.4 is 0 Å². The maximum absolute atomic E-state index is 12.2. The molecule has 0 bridgehead atoms. The van der Waals surface area contributed by atoms with Gasteiger partial charge in [0.05, 0.1) is 5.56 Å². The van der Waals surface area contributed by atoms with Crippen molar-refractivity contribution in [3.8, 4) is 0 Å². The van der Waals surface area contributed by atoms with Crippen molar-refractivity contribution in [1.29, 1.82) is 0 Å². The molecule has 1 amide bonds. The first-order valence-electron chi connectivity index (χ1n) is 7.15. The summed E-state index contributed by atoms with van der Waals surface area (Å²) in [5, 5.41) is 9.13. The number of aromatic carboxylic acids is 1. The van der Waals surface area contributed by atoms with Gasteiger partial charge < -0.3 is 10.0 Å². The van der Waals surface area contributed by atoms with Crippen LogP contribution in [0.2, 0.25) is 0 Å². The average molecular weight is 275 g/mol. The molecule has 0 heterocycles. The first kappa shape index (κ1) is 14.6. The van der Waals surface area contributed by atoms with Crippen molar-refractivity contribution in [3.63, 3.8) is 0 Å². The SMILES string of the molecule is CN(CCc1ccccc1C(=O)O)C(=O)C1CCCC1. The van der Waals surface area contributed by atoms with E-state index in [0.29, 0.717) is 18.5 Å². The molecule has 0 spiro atoms. The Labute approximate surface area is 119 Å². The Morgan fingerprint density at radius 2 is 1.90 bits per heavy atom. The third-order valence-electron chi connectivity index (χ3n) is 4.04. The molecule has 2 rings (SSSR count). The van der Waals surface area contributed by atoms with Crippen LogP contribution >= 0.6 is 0 Å². The van der Waals surface area contributed by atoms with Gasteiger partial charge in [0.15, 0.2) is 0 Å². The molecule has 0 aromatic heterocycles. The van der Waals surface area contributed by atoms with Crippen molar-refractivity contribution >= 4 is 11.9 Å². The zero-order chi connectivity index (χ0) is 14.5. The maximum atomic E-state index is 12.2. The van der Waals surface area contributed by atoms with Gasteiger partial charge in [0.25, 0.3) is 0 Å². The minimum Gasteiger partial charge on any atom is -0.478 e. The first-order chi connectivity index (χ1) is 9.59. The van der Waals surface area contributed by atoms with Gasteiger partial charge >= 0.3 is 5.97 Å². The molecular formula is C16H21NO3. The van der Waals surface area contributed by atoms with E-state index in [-0.39, 0.29) is 11.8 Å². The summed E-state index contributed by atoms with van der Waals surface area (Å²) >= 11 is 0. The molecule has 0 radical (unpaired) electrons. The molecule has 1 aliphatic rings. The Morgan fingerprint density at radius 3 is 2.55 bits per heavy atom. The molecule has 1 aromatic carbocycles. The highest BCUT2D eigenvalue weighted by atomic mass is 16.4. The molecule has 20 heavy (non-hydrogen) atoms. The molecule has 1 aromatic rings. The number of benzene rings is 1. The van der Waals surface area contributed by atoms with E-state index in [1.807, 2.05) is 19.2 Å². The largest absolute Gasteiger partial charge is 0.478 e. The molecular weight excluding hydrogens is 254 g/mol. The van der Waals surface area contributed by atoms with Gasteiger partial charge in [-0.1, -0.05) is 31.0 Å². The number of hydrogen-bond donors (Lipinski definition) is 1. The minimum absolute atomic E-state index is 0.176. The quantitative estimate of drug-likeness (QED) is 0.898. The molecule has 0 atom stereocenters. The molecule has 108 valence electrons. The van der Waals surface area contributed by atoms with Crippen LogP contribution in [0.15, 0.2) is 24.3 Å². The Kier molecular flexibility index (Phi) is 4.77. The van der Waals surface area contributed by atoms with E-state index in [2.05, 4.69) is 0 Å². The summed E-state index contributed by atoms with van der Waals surface area (Å²) in [5.41, 5.74) is 1.11. The van der Waals surface area contributed by atoms with Gasteiger partial charge in [0, 0.05) is 19.5 Å². The third kappa shape index (κ3) is 3.38. The van der Waals surface area contributed by atoms with Crippen molar-refractivity contribution < 1.29 is 14.7 Å². The van der Waals surface area contributed by atoms with Crippen LogP contribution in [0, 0.1) is 5.92 Å². The second-order valence-corrected chi connectivity index (χ2v) is 5.45. The summed E-state index contributed by atoms with van der Waals surface area (Å²) < 4.78 is 0. The van der Waals surface area contributed by atoms with Crippen molar-refractivity contribution in [2.45, 2.75) is 32.1 Å². The van der Waals surface area contributed by atoms with Crippen molar-refractivity contribution in [2.75, 3.05) is 13.6 Å². The number of likely N-dealkylation sites (N-methyl/N-ethyl adjacent to an activating group) is 1. The van der Waals surface area contributed by atoms with E-state index < -0.39 is 5.97 Å². The average Bonchev–Trinajstić information content (AvgIpc) is 2.98. The van der Waals surface area contributed by atoms with Crippen molar-refractivity contribution in [2.24, 2.45) is 5.92 Å². The molecule has 4 heteroatoms. The van der Waals surface area contributed by atoms with Crippen LogP contribution in [0.25, 0.3) is 0 Å². The number of carbonyl (C=O) groups excluding carboxylic acids is 1. The number of rotatable bonds is 5. The van der Waals surface area contributed by atoms with Gasteiger partial charge in [-0.15, -0.1) is 0 Å². The molecule has 1 aliphatic carbocycles. The highest BCUT2D eigenvalue weighted by Gasteiger charge is 2.25. The van der Waals surface area contributed by atoms with Crippen LogP contribution in [0.3, 0.4) is 0 Å². The molecule has 1 N–H and O–H groups in total. The topological polar surface area (TPSA) is 57.6 Å². The fourth-order valence-electron chi connectivity index (χ4n) is 2.83. The number of amides is 1. The van der Waals surface area contributed by atoms with Gasteiger partial charge in [-0.3, -0.25) is 4.79 Å². The van der Waals surface area contributed by atoms with Gasteiger partial charge in [0.1, 0.15) is 0 Å².